The van der Waals surface area contributed by atoms with Crippen LogP contribution in [0.25, 0.3) is 10.8 Å². The maximum Gasteiger partial charge on any atom is 0.131 e. The third-order valence-electron chi connectivity index (χ3n) is 4.56. The summed E-state index contributed by atoms with van der Waals surface area (Å²) in [6, 6.07) is 19.9. The Morgan fingerprint density at radius 1 is 0.591 bits per heavy atom. The van der Waals surface area contributed by atoms with E-state index in [1.807, 2.05) is 48.5 Å². The largest absolute Gasteiger partial charge is 0.302 e. The SMILES string of the molecule is O=C[C@@H]1c2ccccc2[C@H](C=O)c2cc3ccccc3cc21. The molecule has 0 bridgehead atoms. The third kappa shape index (κ3) is 1.74. The Bertz CT molecular complexity index is 822. The molecule has 0 aliphatic heterocycles. The second-order valence-electron chi connectivity index (χ2n) is 5.68. The fourth-order valence-electron chi connectivity index (χ4n) is 3.52. The number of benzene rings is 3. The minimum atomic E-state index is -0.299. The standard InChI is InChI=1S/C20H14O2/c21-11-19-15-7-3-4-8-16(15)20(12-22)18-10-14-6-2-1-5-13(14)9-17(18)19/h1-12,19-20H/t19-,20+. The molecule has 22 heavy (non-hydrogen) atoms. The summed E-state index contributed by atoms with van der Waals surface area (Å²) in [5.41, 5.74) is 3.78. The fourth-order valence-corrected chi connectivity index (χ4v) is 3.52. The van der Waals surface area contributed by atoms with Crippen molar-refractivity contribution < 1.29 is 9.59 Å². The highest BCUT2D eigenvalue weighted by atomic mass is 16.1. The molecule has 2 heteroatoms. The van der Waals surface area contributed by atoms with E-state index in [9.17, 15) is 9.59 Å². The van der Waals surface area contributed by atoms with E-state index in [4.69, 9.17) is 0 Å². The number of fused-ring (bicyclic) bond motifs is 3. The predicted molar refractivity (Wildman–Crippen MR) is 86.2 cm³/mol. The van der Waals surface area contributed by atoms with Gasteiger partial charge in [-0.25, -0.2) is 0 Å². The molecule has 4 rings (SSSR count). The van der Waals surface area contributed by atoms with E-state index in [0.717, 1.165) is 45.6 Å². The van der Waals surface area contributed by atoms with E-state index in [1.54, 1.807) is 0 Å². The van der Waals surface area contributed by atoms with Crippen molar-refractivity contribution in [3.8, 4) is 0 Å². The normalized spacial score (nSPS) is 19.3. The number of carbonyl (C=O) groups excluding carboxylic acids is 2. The van der Waals surface area contributed by atoms with Gasteiger partial charge >= 0.3 is 0 Å². The average Bonchev–Trinajstić information content (AvgIpc) is 2.58. The first-order valence-electron chi connectivity index (χ1n) is 7.35. The highest BCUT2D eigenvalue weighted by molar-refractivity contribution is 5.89. The maximum absolute atomic E-state index is 11.7. The Kier molecular flexibility index (Phi) is 2.90. The minimum Gasteiger partial charge on any atom is -0.302 e. The molecule has 1 aliphatic rings. The summed E-state index contributed by atoms with van der Waals surface area (Å²) in [7, 11) is 0. The lowest BCUT2D eigenvalue weighted by atomic mass is 9.73. The molecule has 2 nitrogen and oxygen atoms in total. The molecule has 0 fully saturated rings. The van der Waals surface area contributed by atoms with Crippen LogP contribution in [0.1, 0.15) is 34.1 Å². The smallest absolute Gasteiger partial charge is 0.131 e. The van der Waals surface area contributed by atoms with Crippen molar-refractivity contribution in [3.63, 3.8) is 0 Å². The first-order valence-corrected chi connectivity index (χ1v) is 7.35. The van der Waals surface area contributed by atoms with Crippen LogP contribution in [-0.2, 0) is 9.59 Å². The number of hydrogen-bond acceptors (Lipinski definition) is 2. The summed E-state index contributed by atoms with van der Waals surface area (Å²) >= 11 is 0. The van der Waals surface area contributed by atoms with Crippen LogP contribution in [-0.4, -0.2) is 12.6 Å². The van der Waals surface area contributed by atoms with Gasteiger partial charge in [0.1, 0.15) is 12.6 Å². The van der Waals surface area contributed by atoms with Gasteiger partial charge in [0.2, 0.25) is 0 Å². The highest BCUT2D eigenvalue weighted by Gasteiger charge is 2.31. The zero-order valence-electron chi connectivity index (χ0n) is 11.9. The Morgan fingerprint density at radius 3 is 1.41 bits per heavy atom. The van der Waals surface area contributed by atoms with Crippen molar-refractivity contribution in [2.24, 2.45) is 0 Å². The molecular weight excluding hydrogens is 272 g/mol. The molecule has 1 aliphatic carbocycles. The molecule has 0 saturated carbocycles. The van der Waals surface area contributed by atoms with Gasteiger partial charge in [-0.2, -0.15) is 0 Å². The van der Waals surface area contributed by atoms with Gasteiger partial charge in [0, 0.05) is 0 Å². The van der Waals surface area contributed by atoms with E-state index >= 15 is 0 Å². The van der Waals surface area contributed by atoms with Crippen molar-refractivity contribution in [2.45, 2.75) is 11.8 Å². The average molecular weight is 286 g/mol. The van der Waals surface area contributed by atoms with E-state index < -0.39 is 0 Å². The van der Waals surface area contributed by atoms with Crippen LogP contribution in [0, 0.1) is 0 Å². The Morgan fingerprint density at radius 2 is 1.00 bits per heavy atom. The molecule has 0 unspecified atom stereocenters. The molecule has 0 aromatic heterocycles. The molecule has 0 radical (unpaired) electrons. The number of hydrogen-bond donors (Lipinski definition) is 0. The van der Waals surface area contributed by atoms with Crippen molar-refractivity contribution in [1.29, 1.82) is 0 Å². The first kappa shape index (κ1) is 13.0. The van der Waals surface area contributed by atoms with Crippen LogP contribution in [0.15, 0.2) is 60.7 Å². The molecule has 0 amide bonds. The van der Waals surface area contributed by atoms with Crippen molar-refractivity contribution in [2.75, 3.05) is 0 Å². The minimum absolute atomic E-state index is 0.299. The van der Waals surface area contributed by atoms with E-state index in [0.29, 0.717) is 0 Å². The molecule has 3 aromatic carbocycles. The Labute approximate surface area is 128 Å². The zero-order chi connectivity index (χ0) is 15.1. The molecule has 0 heterocycles. The topological polar surface area (TPSA) is 34.1 Å². The van der Waals surface area contributed by atoms with Gasteiger partial charge in [0.05, 0.1) is 11.8 Å². The summed E-state index contributed by atoms with van der Waals surface area (Å²) in [6.07, 6.45) is 1.96. The van der Waals surface area contributed by atoms with Crippen LogP contribution in [0.4, 0.5) is 0 Å². The maximum atomic E-state index is 11.7. The van der Waals surface area contributed by atoms with E-state index in [-0.39, 0.29) is 11.8 Å². The number of rotatable bonds is 2. The summed E-state index contributed by atoms with van der Waals surface area (Å²) < 4.78 is 0. The Hall–Kier alpha value is -2.74. The highest BCUT2D eigenvalue weighted by Crippen LogP contribution is 2.42. The van der Waals surface area contributed by atoms with Crippen molar-refractivity contribution >= 4 is 23.3 Å². The van der Waals surface area contributed by atoms with Crippen LogP contribution in [0.3, 0.4) is 0 Å². The fraction of sp³-hybridized carbons (Fsp3) is 0.100. The molecule has 3 aromatic rings. The second kappa shape index (κ2) is 4.92. The summed E-state index contributed by atoms with van der Waals surface area (Å²) in [5, 5.41) is 2.19. The molecule has 0 saturated heterocycles. The molecular formula is C20H14O2. The summed E-state index contributed by atoms with van der Waals surface area (Å²) in [6.45, 7) is 0. The van der Waals surface area contributed by atoms with Crippen LogP contribution in [0.2, 0.25) is 0 Å². The summed E-state index contributed by atoms with van der Waals surface area (Å²) in [4.78, 5) is 23.5. The lowest BCUT2D eigenvalue weighted by Crippen LogP contribution is -2.20. The number of carbonyl (C=O) groups is 2. The van der Waals surface area contributed by atoms with Gasteiger partial charge in [-0.3, -0.25) is 0 Å². The monoisotopic (exact) mass is 286 g/mol. The van der Waals surface area contributed by atoms with Crippen molar-refractivity contribution in [1.82, 2.24) is 0 Å². The van der Waals surface area contributed by atoms with E-state index in [2.05, 4.69) is 12.1 Å². The predicted octanol–water partition coefficient (Wildman–Crippen LogP) is 3.81. The van der Waals surface area contributed by atoms with Gasteiger partial charge in [0.15, 0.2) is 0 Å². The second-order valence-corrected chi connectivity index (χ2v) is 5.68. The zero-order valence-corrected chi connectivity index (χ0v) is 11.9. The van der Waals surface area contributed by atoms with Gasteiger partial charge < -0.3 is 9.59 Å². The van der Waals surface area contributed by atoms with Gasteiger partial charge in [-0.1, -0.05) is 48.5 Å². The molecule has 106 valence electrons. The van der Waals surface area contributed by atoms with Crippen LogP contribution in [0.5, 0.6) is 0 Å². The number of aldehydes is 2. The van der Waals surface area contributed by atoms with Crippen LogP contribution >= 0.6 is 0 Å². The molecule has 0 N–H and O–H groups in total. The van der Waals surface area contributed by atoms with E-state index in [1.165, 1.54) is 0 Å². The third-order valence-corrected chi connectivity index (χ3v) is 4.56. The lowest BCUT2D eigenvalue weighted by Gasteiger charge is -2.29. The van der Waals surface area contributed by atoms with Gasteiger partial charge in [-0.15, -0.1) is 0 Å². The quantitative estimate of drug-likeness (QED) is 0.671. The molecule has 0 spiro atoms. The van der Waals surface area contributed by atoms with Gasteiger partial charge in [-0.05, 0) is 45.2 Å². The summed E-state index contributed by atoms with van der Waals surface area (Å²) in [5.74, 6) is -0.598. The van der Waals surface area contributed by atoms with Crippen molar-refractivity contribution in [3.05, 3.63) is 82.9 Å². The van der Waals surface area contributed by atoms with Crippen LogP contribution < -0.4 is 0 Å². The van der Waals surface area contributed by atoms with Gasteiger partial charge in [0.25, 0.3) is 0 Å². The first-order chi connectivity index (χ1) is 10.8. The molecule has 2 atom stereocenters. The Balaban J connectivity index is 2.07. The lowest BCUT2D eigenvalue weighted by molar-refractivity contribution is -0.109.